The second-order valence-electron chi connectivity index (χ2n) is 9.34. The van der Waals surface area contributed by atoms with Crippen molar-refractivity contribution in [2.45, 2.75) is 52.1 Å². The molecule has 3 N–H and O–H groups in total. The minimum absolute atomic E-state index is 0.469. The van der Waals surface area contributed by atoms with Gasteiger partial charge in [0.1, 0.15) is 17.3 Å². The topological polar surface area (TPSA) is 61.5 Å². The summed E-state index contributed by atoms with van der Waals surface area (Å²) >= 11 is 5.88. The summed E-state index contributed by atoms with van der Waals surface area (Å²) in [6, 6.07) is 8.78. The maximum atomic E-state index is 6.21. The summed E-state index contributed by atoms with van der Waals surface area (Å²) in [5.74, 6) is 0.836. The lowest BCUT2D eigenvalue weighted by Crippen LogP contribution is -2.33. The summed E-state index contributed by atoms with van der Waals surface area (Å²) in [6.45, 7) is 11.8. The van der Waals surface area contributed by atoms with E-state index in [0.29, 0.717) is 24.2 Å². The van der Waals surface area contributed by atoms with Crippen LogP contribution in [0.25, 0.3) is 0 Å². The molecule has 0 saturated carbocycles. The van der Waals surface area contributed by atoms with Crippen molar-refractivity contribution in [2.75, 3.05) is 32.1 Å². The summed E-state index contributed by atoms with van der Waals surface area (Å²) < 4.78 is 6.21. The van der Waals surface area contributed by atoms with E-state index < -0.39 is 0 Å². The molecule has 1 aromatic heterocycles. The number of hydrogen-bond acceptors (Lipinski definition) is 6. The van der Waals surface area contributed by atoms with Gasteiger partial charge in [0.15, 0.2) is 0 Å². The monoisotopic (exact) mass is 491 g/mol. The third kappa shape index (κ3) is 6.03. The van der Waals surface area contributed by atoms with Crippen LogP contribution in [0.15, 0.2) is 60.2 Å². The van der Waals surface area contributed by atoms with Gasteiger partial charge in [0.05, 0.1) is 11.8 Å². The maximum Gasteiger partial charge on any atom is 0.142 e. The zero-order chi connectivity index (χ0) is 24.8. The van der Waals surface area contributed by atoms with E-state index in [1.165, 1.54) is 24.0 Å². The number of aromatic nitrogens is 1. The number of anilines is 1. The largest absolute Gasteiger partial charge is 0.490 e. The number of thiocarbonyl (C=S) groups is 1. The summed E-state index contributed by atoms with van der Waals surface area (Å²) in [6.07, 6.45) is 7.84. The van der Waals surface area contributed by atoms with Gasteiger partial charge in [-0.1, -0.05) is 37.9 Å². The lowest BCUT2D eigenvalue weighted by molar-refractivity contribution is 0.196. The van der Waals surface area contributed by atoms with Gasteiger partial charge >= 0.3 is 0 Å². The van der Waals surface area contributed by atoms with Crippen molar-refractivity contribution in [3.8, 4) is 5.75 Å². The van der Waals surface area contributed by atoms with E-state index in [0.717, 1.165) is 59.9 Å². The van der Waals surface area contributed by atoms with Gasteiger partial charge in [0.2, 0.25) is 0 Å². The van der Waals surface area contributed by atoms with Crippen molar-refractivity contribution < 1.29 is 4.74 Å². The van der Waals surface area contributed by atoms with Crippen LogP contribution in [0.4, 0.5) is 5.69 Å². The summed E-state index contributed by atoms with van der Waals surface area (Å²) in [7, 11) is 2.17. The zero-order valence-corrected chi connectivity index (χ0v) is 21.9. The first-order chi connectivity index (χ1) is 17.0. The fourth-order valence-electron chi connectivity index (χ4n) is 4.92. The van der Waals surface area contributed by atoms with E-state index in [1.54, 1.807) is 0 Å². The minimum Gasteiger partial charge on any atom is -0.490 e. The first kappa shape index (κ1) is 25.2. The number of ether oxygens (including phenoxy) is 1. The summed E-state index contributed by atoms with van der Waals surface area (Å²) in [5.41, 5.74) is 7.58. The average molecular weight is 492 g/mol. The molecule has 2 aromatic rings. The molecule has 0 amide bonds. The molecule has 35 heavy (non-hydrogen) atoms. The van der Waals surface area contributed by atoms with Crippen LogP contribution >= 0.6 is 12.2 Å². The highest BCUT2D eigenvalue weighted by Crippen LogP contribution is 2.26. The molecule has 7 heteroatoms. The van der Waals surface area contributed by atoms with Crippen molar-refractivity contribution in [1.82, 2.24) is 20.5 Å². The third-order valence-corrected chi connectivity index (χ3v) is 7.33. The Kier molecular flexibility index (Phi) is 8.42. The van der Waals surface area contributed by atoms with E-state index in [9.17, 15) is 0 Å². The Bertz CT molecular complexity index is 1110. The van der Waals surface area contributed by atoms with Crippen molar-refractivity contribution in [3.05, 3.63) is 76.9 Å². The molecular weight excluding hydrogens is 454 g/mol. The molecule has 2 aliphatic heterocycles. The Morgan fingerprint density at radius 2 is 2.20 bits per heavy atom. The lowest BCUT2D eigenvalue weighted by Gasteiger charge is -2.27. The highest BCUT2D eigenvalue weighted by Gasteiger charge is 2.23. The van der Waals surface area contributed by atoms with Gasteiger partial charge in [-0.05, 0) is 63.0 Å². The Morgan fingerprint density at radius 1 is 1.34 bits per heavy atom. The predicted octanol–water partition coefficient (Wildman–Crippen LogP) is 4.72. The van der Waals surface area contributed by atoms with E-state index in [1.807, 2.05) is 18.5 Å². The summed E-state index contributed by atoms with van der Waals surface area (Å²) in [5, 5.41) is 10.5. The third-order valence-electron chi connectivity index (χ3n) is 7.02. The Labute approximate surface area is 214 Å². The Hall–Kier alpha value is -2.90. The molecule has 6 nitrogen and oxygen atoms in total. The van der Waals surface area contributed by atoms with Crippen LogP contribution < -0.4 is 20.7 Å². The van der Waals surface area contributed by atoms with Gasteiger partial charge in [-0.25, -0.2) is 0 Å². The Morgan fingerprint density at radius 3 is 2.97 bits per heavy atom. The van der Waals surface area contributed by atoms with Gasteiger partial charge in [-0.3, -0.25) is 4.98 Å². The van der Waals surface area contributed by atoms with Gasteiger partial charge in [0.25, 0.3) is 0 Å². The van der Waals surface area contributed by atoms with Crippen molar-refractivity contribution in [1.29, 1.82) is 0 Å². The van der Waals surface area contributed by atoms with Crippen molar-refractivity contribution in [3.63, 3.8) is 0 Å². The number of benzene rings is 1. The van der Waals surface area contributed by atoms with E-state index in [-0.39, 0.29) is 0 Å². The van der Waals surface area contributed by atoms with Crippen LogP contribution in [-0.4, -0.2) is 47.7 Å². The van der Waals surface area contributed by atoms with Crippen LogP contribution in [-0.2, 0) is 13.0 Å². The number of aryl methyl sites for hydroxylation is 1. The molecule has 0 radical (unpaired) electrons. The first-order valence-corrected chi connectivity index (χ1v) is 12.9. The van der Waals surface area contributed by atoms with Crippen LogP contribution in [0.5, 0.6) is 5.75 Å². The number of likely N-dealkylation sites (tertiary alicyclic amines) is 1. The van der Waals surface area contributed by atoms with Crippen LogP contribution in [0, 0.1) is 6.92 Å². The number of nitrogens with one attached hydrogen (secondary N) is 3. The number of pyridine rings is 1. The lowest BCUT2D eigenvalue weighted by atomic mass is 10.0. The maximum absolute atomic E-state index is 6.21. The molecule has 2 aliphatic rings. The van der Waals surface area contributed by atoms with Gasteiger partial charge in [0, 0.05) is 54.4 Å². The van der Waals surface area contributed by atoms with Crippen molar-refractivity contribution in [2.24, 2.45) is 0 Å². The minimum atomic E-state index is 0.469. The highest BCUT2D eigenvalue weighted by atomic mass is 32.1. The summed E-state index contributed by atoms with van der Waals surface area (Å²) in [4.78, 5) is 7.35. The molecule has 4 rings (SSSR count). The van der Waals surface area contributed by atoms with E-state index >= 15 is 0 Å². The smallest absolute Gasteiger partial charge is 0.142 e. The standard InChI is InChI=1S/C28H37N5OS/c1-5-23-19(2)8-6-10-24(23)32-28(35)27-20(3)30-14-12-25(27)31-16-21-11-13-29-17-26(21)34-18-22-9-7-15-33(22)4/h6,8,10-11,13,17,22,30-31H,3,5,7,9,12,14-16,18H2,1-2,4H3,(H,32,35). The average Bonchev–Trinajstić information content (AvgIpc) is 3.26. The molecule has 1 fully saturated rings. The highest BCUT2D eigenvalue weighted by molar-refractivity contribution is 7.81. The van der Waals surface area contributed by atoms with Crippen LogP contribution in [0.1, 0.15) is 42.9 Å². The van der Waals surface area contributed by atoms with Crippen LogP contribution in [0.2, 0.25) is 0 Å². The number of rotatable bonds is 9. The fraction of sp³-hybridized carbons (Fsp3) is 0.429. The first-order valence-electron chi connectivity index (χ1n) is 12.5. The molecule has 1 atom stereocenters. The number of likely N-dealkylation sites (N-methyl/N-ethyl adjacent to an activating group) is 1. The normalized spacial score (nSPS) is 18.4. The van der Waals surface area contributed by atoms with Gasteiger partial charge < -0.3 is 25.6 Å². The van der Waals surface area contributed by atoms with E-state index in [4.69, 9.17) is 17.0 Å². The molecule has 0 spiro atoms. The molecule has 0 bridgehead atoms. The SMILES string of the molecule is C=C1NCCC(NCc2ccncc2OCC2CCCN2C)=C1C(=S)Nc1cccc(C)c1CC. The number of nitrogens with zero attached hydrogens (tertiary/aromatic N) is 2. The second-order valence-corrected chi connectivity index (χ2v) is 9.75. The zero-order valence-electron chi connectivity index (χ0n) is 21.1. The van der Waals surface area contributed by atoms with Crippen LogP contribution in [0.3, 0.4) is 0 Å². The number of hydrogen-bond donors (Lipinski definition) is 3. The van der Waals surface area contributed by atoms with Gasteiger partial charge in [-0.15, -0.1) is 0 Å². The molecule has 3 heterocycles. The molecular formula is C28H37N5OS. The Balaban J connectivity index is 1.49. The molecule has 0 aliphatic carbocycles. The van der Waals surface area contributed by atoms with Gasteiger partial charge in [-0.2, -0.15) is 0 Å². The molecule has 1 saturated heterocycles. The quantitative estimate of drug-likeness (QED) is 0.439. The van der Waals surface area contributed by atoms with E-state index in [2.05, 4.69) is 71.5 Å². The second kappa shape index (κ2) is 11.7. The predicted molar refractivity (Wildman–Crippen MR) is 148 cm³/mol. The molecule has 1 unspecified atom stereocenters. The fourth-order valence-corrected chi connectivity index (χ4v) is 5.28. The van der Waals surface area contributed by atoms with Crippen molar-refractivity contribution >= 4 is 22.9 Å². The molecule has 1 aromatic carbocycles. The molecule has 186 valence electrons.